The Morgan fingerprint density at radius 2 is 1.58 bits per heavy atom. The van der Waals surface area contributed by atoms with Gasteiger partial charge >= 0.3 is 6.18 Å². The van der Waals surface area contributed by atoms with Crippen molar-refractivity contribution in [1.82, 2.24) is 0 Å². The van der Waals surface area contributed by atoms with Crippen LogP contribution in [0.5, 0.6) is 5.75 Å². The van der Waals surface area contributed by atoms with Gasteiger partial charge < -0.3 is 5.11 Å². The standard InChI is InChI=1S/C14H9F3O2/c15-14(16,17)11-6-4-9(5-7-11)13(19)10-2-1-3-12(18)8-10/h1-8,18H. The van der Waals surface area contributed by atoms with Crippen molar-refractivity contribution in [1.29, 1.82) is 0 Å². The summed E-state index contributed by atoms with van der Waals surface area (Å²) in [6.07, 6.45) is -4.42. The molecule has 19 heavy (non-hydrogen) atoms. The second-order valence-corrected chi connectivity index (χ2v) is 3.95. The van der Waals surface area contributed by atoms with Gasteiger partial charge in [0.25, 0.3) is 0 Å². The highest BCUT2D eigenvalue weighted by Crippen LogP contribution is 2.29. The SMILES string of the molecule is O=C(c1ccc(C(F)(F)F)cc1)c1cccc(O)c1. The van der Waals surface area contributed by atoms with Crippen molar-refractivity contribution >= 4 is 5.78 Å². The average molecular weight is 266 g/mol. The summed E-state index contributed by atoms with van der Waals surface area (Å²) in [5, 5.41) is 9.26. The lowest BCUT2D eigenvalue weighted by molar-refractivity contribution is -0.137. The van der Waals surface area contributed by atoms with Gasteiger partial charge in [0, 0.05) is 11.1 Å². The smallest absolute Gasteiger partial charge is 0.416 e. The Morgan fingerprint density at radius 1 is 0.947 bits per heavy atom. The fourth-order valence-electron chi connectivity index (χ4n) is 1.62. The number of carbonyl (C=O) groups excluding carboxylic acids is 1. The summed E-state index contributed by atoms with van der Waals surface area (Å²) in [4.78, 5) is 12.0. The zero-order chi connectivity index (χ0) is 14.0. The monoisotopic (exact) mass is 266 g/mol. The van der Waals surface area contributed by atoms with Crippen LogP contribution in [0.2, 0.25) is 0 Å². The fraction of sp³-hybridized carbons (Fsp3) is 0.0714. The second-order valence-electron chi connectivity index (χ2n) is 3.95. The first-order chi connectivity index (χ1) is 8.88. The fourth-order valence-corrected chi connectivity index (χ4v) is 1.62. The Bertz CT molecular complexity index is 601. The lowest BCUT2D eigenvalue weighted by Crippen LogP contribution is -2.06. The Labute approximate surface area is 107 Å². The number of phenols is 1. The summed E-state index contributed by atoms with van der Waals surface area (Å²) < 4.78 is 37.1. The number of hydrogen-bond donors (Lipinski definition) is 1. The van der Waals surface area contributed by atoms with Crippen molar-refractivity contribution in [3.05, 3.63) is 65.2 Å². The summed E-state index contributed by atoms with van der Waals surface area (Å²) >= 11 is 0. The molecule has 98 valence electrons. The van der Waals surface area contributed by atoms with E-state index < -0.39 is 17.5 Å². The van der Waals surface area contributed by atoms with E-state index in [-0.39, 0.29) is 16.9 Å². The van der Waals surface area contributed by atoms with E-state index in [1.54, 1.807) is 0 Å². The van der Waals surface area contributed by atoms with Gasteiger partial charge in [-0.1, -0.05) is 24.3 Å². The van der Waals surface area contributed by atoms with E-state index in [0.29, 0.717) is 0 Å². The van der Waals surface area contributed by atoms with E-state index in [0.717, 1.165) is 24.3 Å². The molecule has 0 saturated heterocycles. The van der Waals surface area contributed by atoms with Crippen LogP contribution < -0.4 is 0 Å². The summed E-state index contributed by atoms with van der Waals surface area (Å²) in [6, 6.07) is 9.60. The summed E-state index contributed by atoms with van der Waals surface area (Å²) in [5.41, 5.74) is -0.446. The molecule has 0 heterocycles. The number of rotatable bonds is 2. The zero-order valence-electron chi connectivity index (χ0n) is 9.61. The molecule has 2 rings (SSSR count). The molecule has 0 aliphatic rings. The van der Waals surface area contributed by atoms with Gasteiger partial charge in [-0.3, -0.25) is 4.79 Å². The maximum Gasteiger partial charge on any atom is 0.416 e. The van der Waals surface area contributed by atoms with Crippen LogP contribution in [0.3, 0.4) is 0 Å². The van der Waals surface area contributed by atoms with Crippen LogP contribution in [0.15, 0.2) is 48.5 Å². The first-order valence-electron chi connectivity index (χ1n) is 5.39. The molecule has 0 spiro atoms. The van der Waals surface area contributed by atoms with Gasteiger partial charge in [0.1, 0.15) is 5.75 Å². The van der Waals surface area contributed by atoms with Crippen molar-refractivity contribution in [3.8, 4) is 5.75 Å². The lowest BCUT2D eigenvalue weighted by atomic mass is 10.0. The van der Waals surface area contributed by atoms with E-state index in [4.69, 9.17) is 0 Å². The molecule has 0 aromatic heterocycles. The summed E-state index contributed by atoms with van der Waals surface area (Å²) in [5.74, 6) is -0.512. The lowest BCUT2D eigenvalue weighted by Gasteiger charge is -2.07. The highest BCUT2D eigenvalue weighted by Gasteiger charge is 2.30. The first kappa shape index (κ1) is 13.1. The molecule has 5 heteroatoms. The molecular weight excluding hydrogens is 257 g/mol. The van der Waals surface area contributed by atoms with E-state index in [1.165, 1.54) is 24.3 Å². The molecule has 0 bridgehead atoms. The Balaban J connectivity index is 2.30. The van der Waals surface area contributed by atoms with Crippen LogP contribution in [-0.4, -0.2) is 10.9 Å². The minimum Gasteiger partial charge on any atom is -0.508 e. The van der Waals surface area contributed by atoms with Gasteiger partial charge in [-0.2, -0.15) is 13.2 Å². The molecule has 2 nitrogen and oxygen atoms in total. The molecule has 2 aromatic rings. The topological polar surface area (TPSA) is 37.3 Å². The third kappa shape index (κ3) is 2.93. The van der Waals surface area contributed by atoms with Gasteiger partial charge in [-0.05, 0) is 24.3 Å². The molecule has 0 radical (unpaired) electrons. The van der Waals surface area contributed by atoms with Crippen molar-refractivity contribution < 1.29 is 23.1 Å². The van der Waals surface area contributed by atoms with E-state index >= 15 is 0 Å². The van der Waals surface area contributed by atoms with Crippen LogP contribution in [0, 0.1) is 0 Å². The number of carbonyl (C=O) groups is 1. The zero-order valence-corrected chi connectivity index (χ0v) is 9.61. The average Bonchev–Trinajstić information content (AvgIpc) is 2.37. The third-order valence-electron chi connectivity index (χ3n) is 2.58. The summed E-state index contributed by atoms with van der Waals surface area (Å²) in [7, 11) is 0. The molecule has 0 saturated carbocycles. The van der Waals surface area contributed by atoms with Crippen molar-refractivity contribution in [3.63, 3.8) is 0 Å². The molecule has 0 aliphatic carbocycles. The number of hydrogen-bond acceptors (Lipinski definition) is 2. The highest BCUT2D eigenvalue weighted by molar-refractivity contribution is 6.09. The number of halogens is 3. The van der Waals surface area contributed by atoms with E-state index in [2.05, 4.69) is 0 Å². The number of phenolic OH excluding ortho intramolecular Hbond substituents is 1. The molecule has 0 amide bonds. The molecular formula is C14H9F3O2. The Hall–Kier alpha value is -2.30. The number of aromatic hydroxyl groups is 1. The third-order valence-corrected chi connectivity index (χ3v) is 2.58. The van der Waals surface area contributed by atoms with E-state index in [1.807, 2.05) is 0 Å². The normalized spacial score (nSPS) is 11.3. The predicted octanol–water partition coefficient (Wildman–Crippen LogP) is 3.64. The van der Waals surface area contributed by atoms with Crippen LogP contribution in [0.1, 0.15) is 21.5 Å². The molecule has 2 aromatic carbocycles. The highest BCUT2D eigenvalue weighted by atomic mass is 19.4. The van der Waals surface area contributed by atoms with Crippen LogP contribution >= 0.6 is 0 Å². The number of alkyl halides is 3. The van der Waals surface area contributed by atoms with Gasteiger partial charge in [-0.25, -0.2) is 0 Å². The van der Waals surface area contributed by atoms with Crippen molar-refractivity contribution in [2.75, 3.05) is 0 Å². The van der Waals surface area contributed by atoms with Crippen LogP contribution in [0.4, 0.5) is 13.2 Å². The largest absolute Gasteiger partial charge is 0.508 e. The summed E-state index contributed by atoms with van der Waals surface area (Å²) in [6.45, 7) is 0. The molecule has 0 aliphatic heterocycles. The number of ketones is 1. The second kappa shape index (κ2) is 4.76. The predicted molar refractivity (Wildman–Crippen MR) is 63.0 cm³/mol. The van der Waals surface area contributed by atoms with Crippen LogP contribution in [-0.2, 0) is 6.18 Å². The van der Waals surface area contributed by atoms with Crippen molar-refractivity contribution in [2.24, 2.45) is 0 Å². The van der Waals surface area contributed by atoms with Crippen molar-refractivity contribution in [2.45, 2.75) is 6.18 Å². The Morgan fingerprint density at radius 3 is 2.11 bits per heavy atom. The molecule has 0 unspecified atom stereocenters. The maximum absolute atomic E-state index is 12.4. The molecule has 1 N–H and O–H groups in total. The van der Waals surface area contributed by atoms with Gasteiger partial charge in [-0.15, -0.1) is 0 Å². The Kier molecular flexibility index (Phi) is 3.29. The van der Waals surface area contributed by atoms with E-state index in [9.17, 15) is 23.1 Å². The van der Waals surface area contributed by atoms with Crippen LogP contribution in [0.25, 0.3) is 0 Å². The number of benzene rings is 2. The minimum absolute atomic E-state index is 0.0715. The molecule has 0 atom stereocenters. The quantitative estimate of drug-likeness (QED) is 0.842. The van der Waals surface area contributed by atoms with Gasteiger partial charge in [0.05, 0.1) is 5.56 Å². The van der Waals surface area contributed by atoms with Gasteiger partial charge in [0.2, 0.25) is 0 Å². The first-order valence-corrected chi connectivity index (χ1v) is 5.39. The maximum atomic E-state index is 12.4. The minimum atomic E-state index is -4.42. The van der Waals surface area contributed by atoms with Gasteiger partial charge in [0.15, 0.2) is 5.78 Å². The molecule has 0 fully saturated rings.